The second-order valence-corrected chi connectivity index (χ2v) is 6.27. The molecule has 6 heteroatoms. The first kappa shape index (κ1) is 16.0. The Bertz CT molecular complexity index is 607. The molecule has 1 aliphatic carbocycles. The zero-order chi connectivity index (χ0) is 16.5. The second kappa shape index (κ2) is 5.79. The number of hydrogen-bond acceptors (Lipinski definition) is 3. The molecule has 118 valence electrons. The first-order chi connectivity index (χ1) is 10.2. The van der Waals surface area contributed by atoms with Gasteiger partial charge in [0.1, 0.15) is 5.54 Å². The van der Waals surface area contributed by atoms with Crippen molar-refractivity contribution in [3.8, 4) is 0 Å². The van der Waals surface area contributed by atoms with Gasteiger partial charge < -0.3 is 15.7 Å². The van der Waals surface area contributed by atoms with Gasteiger partial charge in [0.25, 0.3) is 5.91 Å². The number of amides is 2. The fourth-order valence-electron chi connectivity index (χ4n) is 2.04. The molecule has 22 heavy (non-hydrogen) atoms. The molecule has 0 radical (unpaired) electrons. The molecule has 0 heterocycles. The van der Waals surface area contributed by atoms with E-state index in [-0.39, 0.29) is 11.8 Å². The van der Waals surface area contributed by atoms with Crippen LogP contribution in [-0.2, 0) is 9.59 Å². The molecule has 2 amide bonds. The fourth-order valence-corrected chi connectivity index (χ4v) is 2.04. The standard InChI is InChI=1S/C16H20N2O4/c1-9-8-12(9)14(20)17-11-6-4-10(5-7-11)13(19)18-16(2,3)15(21)22/h4-7,9,12H,8H2,1-3H3,(H,17,20)(H,18,19)(H,21,22). The van der Waals surface area contributed by atoms with Crippen LogP contribution in [0, 0.1) is 11.8 Å². The van der Waals surface area contributed by atoms with Crippen molar-refractivity contribution < 1.29 is 19.5 Å². The van der Waals surface area contributed by atoms with Gasteiger partial charge in [-0.2, -0.15) is 0 Å². The summed E-state index contributed by atoms with van der Waals surface area (Å²) in [7, 11) is 0. The highest BCUT2D eigenvalue weighted by Gasteiger charge is 2.39. The van der Waals surface area contributed by atoms with Crippen LogP contribution in [0.4, 0.5) is 5.69 Å². The van der Waals surface area contributed by atoms with Gasteiger partial charge in [-0.3, -0.25) is 9.59 Å². The summed E-state index contributed by atoms with van der Waals surface area (Å²) in [6, 6.07) is 6.37. The first-order valence-electron chi connectivity index (χ1n) is 7.17. The summed E-state index contributed by atoms with van der Waals surface area (Å²) in [5.74, 6) is -1.07. The Morgan fingerprint density at radius 3 is 2.18 bits per heavy atom. The molecule has 2 atom stereocenters. The molecule has 1 fully saturated rings. The average molecular weight is 304 g/mol. The van der Waals surface area contributed by atoms with Crippen molar-refractivity contribution in [2.75, 3.05) is 5.32 Å². The fraction of sp³-hybridized carbons (Fsp3) is 0.438. The molecule has 0 bridgehead atoms. The number of benzene rings is 1. The molecule has 6 nitrogen and oxygen atoms in total. The van der Waals surface area contributed by atoms with Crippen molar-refractivity contribution >= 4 is 23.5 Å². The average Bonchev–Trinajstić information content (AvgIpc) is 3.16. The lowest BCUT2D eigenvalue weighted by atomic mass is 10.1. The van der Waals surface area contributed by atoms with Gasteiger partial charge in [-0.25, -0.2) is 4.79 Å². The number of carboxylic acid groups (broad SMARTS) is 1. The molecule has 1 aromatic rings. The summed E-state index contributed by atoms with van der Waals surface area (Å²) < 4.78 is 0. The molecule has 1 saturated carbocycles. The van der Waals surface area contributed by atoms with E-state index < -0.39 is 17.4 Å². The maximum Gasteiger partial charge on any atom is 0.328 e. The van der Waals surface area contributed by atoms with E-state index in [2.05, 4.69) is 10.6 Å². The van der Waals surface area contributed by atoms with Gasteiger partial charge in [0.2, 0.25) is 5.91 Å². The summed E-state index contributed by atoms with van der Waals surface area (Å²) in [5.41, 5.74) is -0.378. The number of carbonyl (C=O) groups is 3. The third kappa shape index (κ3) is 3.63. The SMILES string of the molecule is CC1CC1C(=O)Nc1ccc(C(=O)NC(C)(C)C(=O)O)cc1. The van der Waals surface area contributed by atoms with Gasteiger partial charge in [0.05, 0.1) is 0 Å². The topological polar surface area (TPSA) is 95.5 Å². The smallest absolute Gasteiger partial charge is 0.328 e. The number of carbonyl (C=O) groups excluding carboxylic acids is 2. The lowest BCUT2D eigenvalue weighted by Gasteiger charge is -2.21. The van der Waals surface area contributed by atoms with Gasteiger partial charge in [0, 0.05) is 17.2 Å². The van der Waals surface area contributed by atoms with Crippen LogP contribution < -0.4 is 10.6 Å². The largest absolute Gasteiger partial charge is 0.480 e. The summed E-state index contributed by atoms with van der Waals surface area (Å²) >= 11 is 0. The van der Waals surface area contributed by atoms with E-state index in [0.29, 0.717) is 17.2 Å². The van der Waals surface area contributed by atoms with Gasteiger partial charge >= 0.3 is 5.97 Å². The number of aliphatic carboxylic acids is 1. The zero-order valence-electron chi connectivity index (χ0n) is 12.8. The molecular weight excluding hydrogens is 284 g/mol. The van der Waals surface area contributed by atoms with Gasteiger partial charge in [-0.15, -0.1) is 0 Å². The number of nitrogens with one attached hydrogen (secondary N) is 2. The highest BCUT2D eigenvalue weighted by Crippen LogP contribution is 2.38. The van der Waals surface area contributed by atoms with Crippen LogP contribution in [0.15, 0.2) is 24.3 Å². The molecule has 1 aromatic carbocycles. The number of rotatable bonds is 5. The van der Waals surface area contributed by atoms with Crippen LogP contribution >= 0.6 is 0 Å². The van der Waals surface area contributed by atoms with E-state index in [9.17, 15) is 14.4 Å². The van der Waals surface area contributed by atoms with E-state index in [1.165, 1.54) is 13.8 Å². The maximum atomic E-state index is 12.0. The maximum absolute atomic E-state index is 12.0. The quantitative estimate of drug-likeness (QED) is 0.774. The van der Waals surface area contributed by atoms with Crippen LogP contribution in [0.2, 0.25) is 0 Å². The molecular formula is C16H20N2O4. The third-order valence-corrected chi connectivity index (χ3v) is 3.82. The van der Waals surface area contributed by atoms with Gasteiger partial charge in [-0.1, -0.05) is 6.92 Å². The van der Waals surface area contributed by atoms with Crippen LogP contribution in [0.5, 0.6) is 0 Å². The van der Waals surface area contributed by atoms with Crippen molar-refractivity contribution in [2.24, 2.45) is 11.8 Å². The molecule has 0 saturated heterocycles. The molecule has 0 aliphatic heterocycles. The first-order valence-corrected chi connectivity index (χ1v) is 7.17. The lowest BCUT2D eigenvalue weighted by molar-refractivity contribution is -0.143. The Balaban J connectivity index is 1.98. The number of carboxylic acids is 1. The minimum Gasteiger partial charge on any atom is -0.480 e. The molecule has 2 unspecified atom stereocenters. The zero-order valence-corrected chi connectivity index (χ0v) is 12.8. The van der Waals surface area contributed by atoms with Gasteiger partial charge in [-0.05, 0) is 50.5 Å². The molecule has 2 rings (SSSR count). The number of hydrogen-bond donors (Lipinski definition) is 3. The highest BCUT2D eigenvalue weighted by atomic mass is 16.4. The third-order valence-electron chi connectivity index (χ3n) is 3.82. The van der Waals surface area contributed by atoms with E-state index in [4.69, 9.17) is 5.11 Å². The van der Waals surface area contributed by atoms with Crippen LogP contribution in [-0.4, -0.2) is 28.4 Å². The second-order valence-electron chi connectivity index (χ2n) is 6.27. The van der Waals surface area contributed by atoms with E-state index in [1.54, 1.807) is 24.3 Å². The number of anilines is 1. The summed E-state index contributed by atoms with van der Waals surface area (Å²) in [4.78, 5) is 34.8. The Hall–Kier alpha value is -2.37. The Morgan fingerprint density at radius 2 is 1.73 bits per heavy atom. The normalized spacial score (nSPS) is 20.1. The molecule has 3 N–H and O–H groups in total. The summed E-state index contributed by atoms with van der Waals surface area (Å²) in [5, 5.41) is 14.2. The predicted octanol–water partition coefficient (Wildman–Crippen LogP) is 1.87. The van der Waals surface area contributed by atoms with Crippen molar-refractivity contribution in [3.05, 3.63) is 29.8 Å². The predicted molar refractivity (Wildman–Crippen MR) is 81.5 cm³/mol. The highest BCUT2D eigenvalue weighted by molar-refractivity contribution is 5.99. The van der Waals surface area contributed by atoms with Crippen molar-refractivity contribution in [2.45, 2.75) is 32.7 Å². The van der Waals surface area contributed by atoms with E-state index in [1.807, 2.05) is 6.92 Å². The minimum atomic E-state index is -1.34. The van der Waals surface area contributed by atoms with Crippen molar-refractivity contribution in [1.82, 2.24) is 5.32 Å². The Labute approximate surface area is 128 Å². The van der Waals surface area contributed by atoms with Gasteiger partial charge in [0.15, 0.2) is 0 Å². The van der Waals surface area contributed by atoms with Crippen molar-refractivity contribution in [3.63, 3.8) is 0 Å². The molecule has 1 aliphatic rings. The van der Waals surface area contributed by atoms with Crippen LogP contribution in [0.25, 0.3) is 0 Å². The monoisotopic (exact) mass is 304 g/mol. The Kier molecular flexibility index (Phi) is 4.21. The van der Waals surface area contributed by atoms with Crippen molar-refractivity contribution in [1.29, 1.82) is 0 Å². The van der Waals surface area contributed by atoms with Crippen LogP contribution in [0.3, 0.4) is 0 Å². The Morgan fingerprint density at radius 1 is 1.18 bits per heavy atom. The lowest BCUT2D eigenvalue weighted by Crippen LogP contribution is -2.49. The summed E-state index contributed by atoms with van der Waals surface area (Å²) in [6.07, 6.45) is 0.913. The summed E-state index contributed by atoms with van der Waals surface area (Å²) in [6.45, 7) is 4.86. The molecule has 0 spiro atoms. The van der Waals surface area contributed by atoms with E-state index in [0.717, 1.165) is 6.42 Å². The minimum absolute atomic E-state index is 0.00304. The molecule has 0 aromatic heterocycles. The van der Waals surface area contributed by atoms with Crippen LogP contribution in [0.1, 0.15) is 37.6 Å². The van der Waals surface area contributed by atoms with E-state index >= 15 is 0 Å².